The van der Waals surface area contributed by atoms with Crippen molar-refractivity contribution in [2.24, 2.45) is 4.99 Å². The first-order valence-electron chi connectivity index (χ1n) is 3.47. The van der Waals surface area contributed by atoms with Gasteiger partial charge in [0.1, 0.15) is 12.2 Å². The lowest BCUT2D eigenvalue weighted by Gasteiger charge is -1.96. The molecular formula is C7H6N4O. The van der Waals surface area contributed by atoms with Gasteiger partial charge in [0, 0.05) is 12.4 Å². The molecule has 12 heavy (non-hydrogen) atoms. The SMILES string of the molecule is O=C1CN=C(c2cnccn2)N1. The number of carbonyl (C=O) groups excluding carboxylic acids is 1. The van der Waals surface area contributed by atoms with Gasteiger partial charge < -0.3 is 5.32 Å². The van der Waals surface area contributed by atoms with E-state index in [1.54, 1.807) is 18.6 Å². The fraction of sp³-hybridized carbons (Fsp3) is 0.143. The van der Waals surface area contributed by atoms with Gasteiger partial charge in [-0.15, -0.1) is 0 Å². The van der Waals surface area contributed by atoms with E-state index in [4.69, 9.17) is 0 Å². The highest BCUT2D eigenvalue weighted by Gasteiger charge is 2.15. The Balaban J connectivity index is 2.28. The second-order valence-electron chi connectivity index (χ2n) is 2.30. The maximum Gasteiger partial charge on any atom is 0.247 e. The van der Waals surface area contributed by atoms with E-state index in [0.29, 0.717) is 11.5 Å². The average molecular weight is 162 g/mol. The van der Waals surface area contributed by atoms with Crippen molar-refractivity contribution in [3.63, 3.8) is 0 Å². The molecule has 0 aromatic carbocycles. The van der Waals surface area contributed by atoms with Gasteiger partial charge in [-0.25, -0.2) is 4.98 Å². The van der Waals surface area contributed by atoms with Gasteiger partial charge in [0.05, 0.1) is 6.20 Å². The molecule has 0 atom stereocenters. The van der Waals surface area contributed by atoms with Crippen LogP contribution in [0.15, 0.2) is 23.6 Å². The number of hydrogen-bond donors (Lipinski definition) is 1. The first-order chi connectivity index (χ1) is 5.86. The van der Waals surface area contributed by atoms with E-state index in [-0.39, 0.29) is 12.5 Å². The van der Waals surface area contributed by atoms with Crippen molar-refractivity contribution in [2.75, 3.05) is 6.54 Å². The van der Waals surface area contributed by atoms with Crippen LogP contribution < -0.4 is 5.32 Å². The van der Waals surface area contributed by atoms with Gasteiger partial charge >= 0.3 is 0 Å². The molecule has 0 radical (unpaired) electrons. The summed E-state index contributed by atoms with van der Waals surface area (Å²) in [7, 11) is 0. The Morgan fingerprint density at radius 3 is 2.92 bits per heavy atom. The summed E-state index contributed by atoms with van der Waals surface area (Å²) in [4.78, 5) is 22.5. The normalized spacial score (nSPS) is 15.7. The molecule has 2 rings (SSSR count). The van der Waals surface area contributed by atoms with Crippen molar-refractivity contribution in [3.05, 3.63) is 24.3 Å². The largest absolute Gasteiger partial charge is 0.308 e. The molecule has 2 heterocycles. The Bertz CT molecular complexity index is 333. The predicted molar refractivity (Wildman–Crippen MR) is 41.6 cm³/mol. The highest BCUT2D eigenvalue weighted by Crippen LogP contribution is 1.96. The number of amides is 1. The summed E-state index contributed by atoms with van der Waals surface area (Å²) in [6, 6.07) is 0. The van der Waals surface area contributed by atoms with Crippen molar-refractivity contribution < 1.29 is 4.79 Å². The smallest absolute Gasteiger partial charge is 0.247 e. The summed E-state index contributed by atoms with van der Waals surface area (Å²) in [5, 5.41) is 2.58. The third kappa shape index (κ3) is 1.16. The Hall–Kier alpha value is -1.78. The van der Waals surface area contributed by atoms with Crippen LogP contribution in [0.4, 0.5) is 0 Å². The van der Waals surface area contributed by atoms with Gasteiger partial charge in [-0.2, -0.15) is 0 Å². The van der Waals surface area contributed by atoms with E-state index in [1.807, 2.05) is 0 Å². The number of nitrogens with one attached hydrogen (secondary N) is 1. The van der Waals surface area contributed by atoms with Crippen LogP contribution in [0.25, 0.3) is 0 Å². The van der Waals surface area contributed by atoms with Gasteiger partial charge in [-0.1, -0.05) is 0 Å². The number of hydrogen-bond acceptors (Lipinski definition) is 4. The van der Waals surface area contributed by atoms with E-state index in [9.17, 15) is 4.79 Å². The molecule has 1 N–H and O–H groups in total. The van der Waals surface area contributed by atoms with Gasteiger partial charge in [0.25, 0.3) is 0 Å². The Kier molecular flexibility index (Phi) is 1.55. The van der Waals surface area contributed by atoms with E-state index >= 15 is 0 Å². The molecule has 0 bridgehead atoms. The zero-order chi connectivity index (χ0) is 8.39. The van der Waals surface area contributed by atoms with Gasteiger partial charge in [0.15, 0.2) is 5.84 Å². The zero-order valence-electron chi connectivity index (χ0n) is 6.19. The topological polar surface area (TPSA) is 67.2 Å². The van der Waals surface area contributed by atoms with Gasteiger partial charge in [-0.05, 0) is 0 Å². The third-order valence-electron chi connectivity index (χ3n) is 1.44. The lowest BCUT2D eigenvalue weighted by Crippen LogP contribution is -2.25. The minimum absolute atomic E-state index is 0.101. The second-order valence-corrected chi connectivity index (χ2v) is 2.30. The third-order valence-corrected chi connectivity index (χ3v) is 1.44. The van der Waals surface area contributed by atoms with Crippen LogP contribution in [0.5, 0.6) is 0 Å². The molecule has 0 fully saturated rings. The number of aromatic nitrogens is 2. The van der Waals surface area contributed by atoms with E-state index in [0.717, 1.165) is 0 Å². The van der Waals surface area contributed by atoms with Crippen molar-refractivity contribution in [3.8, 4) is 0 Å². The number of carbonyl (C=O) groups is 1. The monoisotopic (exact) mass is 162 g/mol. The maximum atomic E-state index is 10.8. The summed E-state index contributed by atoms with van der Waals surface area (Å²) < 4.78 is 0. The second kappa shape index (κ2) is 2.69. The van der Waals surface area contributed by atoms with Crippen molar-refractivity contribution in [1.82, 2.24) is 15.3 Å². The summed E-state index contributed by atoms with van der Waals surface area (Å²) >= 11 is 0. The minimum atomic E-state index is -0.101. The molecule has 0 saturated heterocycles. The highest BCUT2D eigenvalue weighted by atomic mass is 16.2. The number of amidine groups is 1. The lowest BCUT2D eigenvalue weighted by molar-refractivity contribution is -0.117. The molecule has 0 saturated carbocycles. The Morgan fingerprint density at radius 1 is 1.42 bits per heavy atom. The van der Waals surface area contributed by atoms with Gasteiger partial charge in [-0.3, -0.25) is 14.8 Å². The minimum Gasteiger partial charge on any atom is -0.308 e. The van der Waals surface area contributed by atoms with Crippen molar-refractivity contribution in [1.29, 1.82) is 0 Å². The van der Waals surface area contributed by atoms with Crippen molar-refractivity contribution >= 4 is 11.7 Å². The van der Waals surface area contributed by atoms with Crippen LogP contribution in [0.2, 0.25) is 0 Å². The molecule has 1 aliphatic heterocycles. The number of nitrogens with zero attached hydrogens (tertiary/aromatic N) is 3. The van der Waals surface area contributed by atoms with Crippen LogP contribution in [-0.4, -0.2) is 28.3 Å². The molecule has 0 spiro atoms. The fourth-order valence-electron chi connectivity index (χ4n) is 0.928. The molecule has 1 amide bonds. The standard InChI is InChI=1S/C7H6N4O/c12-6-4-10-7(11-6)5-3-8-1-2-9-5/h1-3H,4H2,(H,10,11,12). The molecular weight excluding hydrogens is 156 g/mol. The number of rotatable bonds is 1. The highest BCUT2D eigenvalue weighted by molar-refractivity contribution is 6.11. The van der Waals surface area contributed by atoms with Crippen LogP contribution in [-0.2, 0) is 4.79 Å². The van der Waals surface area contributed by atoms with Crippen molar-refractivity contribution in [2.45, 2.75) is 0 Å². The maximum absolute atomic E-state index is 10.8. The van der Waals surface area contributed by atoms with E-state index in [1.165, 1.54) is 0 Å². The van der Waals surface area contributed by atoms with Crippen LogP contribution in [0, 0.1) is 0 Å². The van der Waals surface area contributed by atoms with Crippen LogP contribution >= 0.6 is 0 Å². The zero-order valence-corrected chi connectivity index (χ0v) is 6.19. The van der Waals surface area contributed by atoms with Crippen LogP contribution in [0.1, 0.15) is 5.69 Å². The van der Waals surface area contributed by atoms with Gasteiger partial charge in [0.2, 0.25) is 5.91 Å². The molecule has 0 unspecified atom stereocenters. The Labute approximate surface area is 68.6 Å². The molecule has 5 nitrogen and oxygen atoms in total. The fourth-order valence-corrected chi connectivity index (χ4v) is 0.928. The first kappa shape index (κ1) is 6.90. The Morgan fingerprint density at radius 2 is 2.33 bits per heavy atom. The molecule has 5 heteroatoms. The summed E-state index contributed by atoms with van der Waals surface area (Å²) in [6.45, 7) is 0.186. The van der Waals surface area contributed by atoms with Crippen LogP contribution in [0.3, 0.4) is 0 Å². The molecule has 1 aromatic rings. The predicted octanol–water partition coefficient (Wildman–Crippen LogP) is -0.647. The lowest BCUT2D eigenvalue weighted by atomic mass is 10.4. The average Bonchev–Trinajstić information content (AvgIpc) is 2.54. The summed E-state index contributed by atoms with van der Waals surface area (Å²) in [5.74, 6) is 0.406. The summed E-state index contributed by atoms with van der Waals surface area (Å²) in [6.07, 6.45) is 4.69. The van der Waals surface area contributed by atoms with E-state index in [2.05, 4.69) is 20.3 Å². The number of aliphatic imine (C=N–C) groups is 1. The molecule has 1 aliphatic rings. The molecule has 60 valence electrons. The van der Waals surface area contributed by atoms with E-state index < -0.39 is 0 Å². The molecule has 1 aromatic heterocycles. The first-order valence-corrected chi connectivity index (χ1v) is 3.47. The summed E-state index contributed by atoms with van der Waals surface area (Å²) in [5.41, 5.74) is 0.600. The molecule has 0 aliphatic carbocycles. The quantitative estimate of drug-likeness (QED) is 0.596.